The Hall–Kier alpha value is -2.33. The van der Waals surface area contributed by atoms with Crippen molar-refractivity contribution in [1.29, 1.82) is 0 Å². The van der Waals surface area contributed by atoms with Crippen molar-refractivity contribution in [2.45, 2.75) is 6.42 Å². The number of ketones is 1. The van der Waals surface area contributed by atoms with E-state index in [1.54, 1.807) is 0 Å². The third kappa shape index (κ3) is 4.20. The first-order chi connectivity index (χ1) is 12.0. The van der Waals surface area contributed by atoms with Crippen LogP contribution in [0.4, 0.5) is 0 Å². The van der Waals surface area contributed by atoms with E-state index < -0.39 is 0 Å². The van der Waals surface area contributed by atoms with Gasteiger partial charge >= 0.3 is 0 Å². The van der Waals surface area contributed by atoms with Crippen LogP contribution in [0, 0.1) is 0 Å². The van der Waals surface area contributed by atoms with E-state index in [4.69, 9.17) is 0 Å². The lowest BCUT2D eigenvalue weighted by molar-refractivity contribution is 0.0933. The summed E-state index contributed by atoms with van der Waals surface area (Å²) in [6.45, 7) is 8.86. The van der Waals surface area contributed by atoms with Crippen LogP contribution in [0.3, 0.4) is 0 Å². The number of hydrogen-bond acceptors (Lipinski definition) is 4. The molecule has 0 unspecified atom stereocenters. The Bertz CT molecular complexity index is 761. The Kier molecular flexibility index (Phi) is 5.39. The minimum absolute atomic E-state index is 0.228. The predicted molar refractivity (Wildman–Crippen MR) is 104 cm³/mol. The average molecular weight is 337 g/mol. The molecule has 4 nitrogen and oxygen atoms in total. The summed E-state index contributed by atoms with van der Waals surface area (Å²) in [4.78, 5) is 19.3. The second-order valence-electron chi connectivity index (χ2n) is 6.87. The van der Waals surface area contributed by atoms with Gasteiger partial charge in [-0.2, -0.15) is 0 Å². The highest BCUT2D eigenvalue weighted by atomic mass is 16.1. The molecule has 1 heterocycles. The summed E-state index contributed by atoms with van der Waals surface area (Å²) in [5.74, 6) is 1.29. The largest absolute Gasteiger partial charge is 0.365 e. The van der Waals surface area contributed by atoms with Gasteiger partial charge in [-0.3, -0.25) is 9.69 Å². The van der Waals surface area contributed by atoms with E-state index >= 15 is 0 Å². The van der Waals surface area contributed by atoms with Gasteiger partial charge in [0, 0.05) is 58.8 Å². The van der Waals surface area contributed by atoms with E-state index in [0.29, 0.717) is 6.42 Å². The first-order valence-electron chi connectivity index (χ1n) is 8.90. The van der Waals surface area contributed by atoms with E-state index in [-0.39, 0.29) is 5.78 Å². The van der Waals surface area contributed by atoms with E-state index in [0.717, 1.165) is 49.5 Å². The fraction of sp³-hybridized carbons (Fsp3) is 0.381. The van der Waals surface area contributed by atoms with E-state index in [9.17, 15) is 4.79 Å². The zero-order valence-corrected chi connectivity index (χ0v) is 15.2. The average Bonchev–Trinajstić information content (AvgIpc) is 2.65. The van der Waals surface area contributed by atoms with Gasteiger partial charge in [-0.05, 0) is 16.8 Å². The molecule has 0 aromatic heterocycles. The molecule has 3 rings (SSSR count). The Morgan fingerprint density at radius 2 is 1.72 bits per heavy atom. The number of carbonyl (C=O) groups excluding carboxylic acids is 1. The van der Waals surface area contributed by atoms with Crippen LogP contribution in [0.15, 0.2) is 54.9 Å². The lowest BCUT2D eigenvalue weighted by Gasteiger charge is -2.38. The molecule has 0 aliphatic carbocycles. The molecule has 2 aromatic carbocycles. The Labute approximate surface area is 150 Å². The van der Waals surface area contributed by atoms with Crippen LogP contribution in [0.1, 0.15) is 16.8 Å². The number of nitrogens with zero attached hydrogens (tertiary/aromatic N) is 3. The van der Waals surface area contributed by atoms with Crippen LogP contribution in [-0.2, 0) is 0 Å². The molecule has 0 spiro atoms. The summed E-state index contributed by atoms with van der Waals surface area (Å²) in [5, 5.41) is 2.31. The van der Waals surface area contributed by atoms with Crippen molar-refractivity contribution >= 4 is 16.6 Å². The highest BCUT2D eigenvalue weighted by molar-refractivity contribution is 6.00. The van der Waals surface area contributed by atoms with E-state index in [2.05, 4.69) is 33.4 Å². The number of rotatable bonds is 6. The molecular weight excluding hydrogens is 310 g/mol. The maximum Gasteiger partial charge on any atom is 0.164 e. The summed E-state index contributed by atoms with van der Waals surface area (Å²) in [7, 11) is 4.05. The molecule has 1 aliphatic rings. The van der Waals surface area contributed by atoms with Crippen LogP contribution in [-0.4, -0.2) is 67.3 Å². The molecule has 2 aromatic rings. The minimum atomic E-state index is 0.228. The van der Waals surface area contributed by atoms with Gasteiger partial charge in [0.15, 0.2) is 5.78 Å². The molecule has 25 heavy (non-hydrogen) atoms. The molecule has 0 saturated carbocycles. The zero-order valence-electron chi connectivity index (χ0n) is 15.2. The predicted octanol–water partition coefficient (Wildman–Crippen LogP) is 3.06. The first kappa shape index (κ1) is 17.5. The van der Waals surface area contributed by atoms with Crippen molar-refractivity contribution < 1.29 is 4.79 Å². The molecule has 0 N–H and O–H groups in total. The molecule has 132 valence electrons. The number of hydrogen-bond donors (Lipinski definition) is 0. The van der Waals surface area contributed by atoms with Crippen LogP contribution >= 0.6 is 0 Å². The van der Waals surface area contributed by atoms with Crippen molar-refractivity contribution in [3.8, 4) is 0 Å². The molecule has 0 atom stereocenters. The topological polar surface area (TPSA) is 26.8 Å². The number of fused-ring (bicyclic) bond motifs is 1. The highest BCUT2D eigenvalue weighted by Gasteiger charge is 2.19. The number of benzene rings is 2. The minimum Gasteiger partial charge on any atom is -0.365 e. The quantitative estimate of drug-likeness (QED) is 0.757. The lowest BCUT2D eigenvalue weighted by atomic mass is 10.0. The molecule has 1 saturated heterocycles. The van der Waals surface area contributed by atoms with Crippen molar-refractivity contribution in [2.75, 3.05) is 46.8 Å². The van der Waals surface area contributed by atoms with Crippen LogP contribution in [0.2, 0.25) is 0 Å². The van der Waals surface area contributed by atoms with Crippen molar-refractivity contribution in [3.63, 3.8) is 0 Å². The van der Waals surface area contributed by atoms with Gasteiger partial charge in [-0.1, -0.05) is 43.0 Å². The van der Waals surface area contributed by atoms with Crippen LogP contribution in [0.25, 0.3) is 10.8 Å². The Morgan fingerprint density at radius 3 is 2.40 bits per heavy atom. The molecular formula is C21H27N3O. The lowest BCUT2D eigenvalue weighted by Crippen LogP contribution is -2.47. The van der Waals surface area contributed by atoms with Crippen LogP contribution < -0.4 is 0 Å². The third-order valence-electron chi connectivity index (χ3n) is 4.98. The molecule has 0 bridgehead atoms. The van der Waals surface area contributed by atoms with E-state index in [1.165, 1.54) is 5.39 Å². The van der Waals surface area contributed by atoms with Gasteiger partial charge in [-0.15, -0.1) is 0 Å². The summed E-state index contributed by atoms with van der Waals surface area (Å²) >= 11 is 0. The normalized spacial score (nSPS) is 15.4. The summed E-state index contributed by atoms with van der Waals surface area (Å²) in [6, 6.07) is 14.2. The first-order valence-corrected chi connectivity index (χ1v) is 8.90. The SMILES string of the molecule is C=C(N(C)C)N1CCN(CCC(=O)c2ccc3ccccc3c2)CC1. The molecule has 1 aliphatic heterocycles. The molecule has 0 radical (unpaired) electrons. The number of carbonyl (C=O) groups is 1. The van der Waals surface area contributed by atoms with Gasteiger partial charge in [0.1, 0.15) is 0 Å². The monoisotopic (exact) mass is 337 g/mol. The van der Waals surface area contributed by atoms with Crippen molar-refractivity contribution in [3.05, 3.63) is 60.4 Å². The van der Waals surface area contributed by atoms with Crippen LogP contribution in [0.5, 0.6) is 0 Å². The fourth-order valence-corrected chi connectivity index (χ4v) is 3.28. The highest BCUT2D eigenvalue weighted by Crippen LogP contribution is 2.17. The second kappa shape index (κ2) is 7.70. The maximum absolute atomic E-state index is 12.5. The van der Waals surface area contributed by atoms with Crippen molar-refractivity contribution in [1.82, 2.24) is 14.7 Å². The molecule has 4 heteroatoms. The Balaban J connectivity index is 1.51. The van der Waals surface area contributed by atoms with Gasteiger partial charge in [-0.25, -0.2) is 0 Å². The smallest absolute Gasteiger partial charge is 0.164 e. The summed E-state index contributed by atoms with van der Waals surface area (Å²) < 4.78 is 0. The van der Waals surface area contributed by atoms with Gasteiger partial charge < -0.3 is 9.80 Å². The Morgan fingerprint density at radius 1 is 1.04 bits per heavy atom. The van der Waals surface area contributed by atoms with Gasteiger partial charge in [0.05, 0.1) is 5.82 Å². The summed E-state index contributed by atoms with van der Waals surface area (Å²) in [5.41, 5.74) is 0.818. The number of Topliss-reactive ketones (excluding diaryl/α,β-unsaturated/α-hetero) is 1. The van der Waals surface area contributed by atoms with Gasteiger partial charge in [0.2, 0.25) is 0 Å². The zero-order chi connectivity index (χ0) is 17.8. The standard InChI is InChI=1S/C21H27N3O/c1-17(22(2)3)24-14-12-23(13-15-24)11-10-21(25)20-9-8-18-6-4-5-7-19(18)16-20/h4-9,16H,1,10-15H2,2-3H3. The molecule has 0 amide bonds. The van der Waals surface area contributed by atoms with Gasteiger partial charge in [0.25, 0.3) is 0 Å². The summed E-state index contributed by atoms with van der Waals surface area (Å²) in [6.07, 6.45) is 0.576. The second-order valence-corrected chi connectivity index (χ2v) is 6.87. The number of piperazine rings is 1. The maximum atomic E-state index is 12.5. The van der Waals surface area contributed by atoms with Crippen molar-refractivity contribution in [2.24, 2.45) is 0 Å². The molecule has 1 fully saturated rings. The third-order valence-corrected chi connectivity index (χ3v) is 4.98. The fourth-order valence-electron chi connectivity index (χ4n) is 3.28. The van der Waals surface area contributed by atoms with E-state index in [1.807, 2.05) is 44.4 Å².